The third-order valence-electron chi connectivity index (χ3n) is 10.9. The highest BCUT2D eigenvalue weighted by Gasteiger charge is 2.67. The number of Topliss-reactive ketones (excluding diaryl/α,β-unsaturated/α-hetero) is 1. The van der Waals surface area contributed by atoms with E-state index in [0.29, 0.717) is 12.8 Å². The van der Waals surface area contributed by atoms with Crippen LogP contribution in [0.3, 0.4) is 0 Å². The molecular formula is C39H54ClN3O11S. The number of hydrogen-bond donors (Lipinski definition) is 3. The second kappa shape index (κ2) is 17.7. The zero-order chi connectivity index (χ0) is 41.2. The summed E-state index contributed by atoms with van der Waals surface area (Å²) in [6.07, 6.45) is 0.438. The average Bonchev–Trinajstić information content (AvgIpc) is 3.82. The molecule has 3 unspecified atom stereocenters. The van der Waals surface area contributed by atoms with Gasteiger partial charge < -0.3 is 38.6 Å². The molecule has 0 saturated carbocycles. The van der Waals surface area contributed by atoms with Gasteiger partial charge in [0.15, 0.2) is 11.8 Å². The molecule has 2 saturated heterocycles. The van der Waals surface area contributed by atoms with Crippen LogP contribution in [-0.2, 0) is 44.5 Å². The molecule has 0 aromatic heterocycles. The van der Waals surface area contributed by atoms with Crippen LogP contribution in [0.5, 0.6) is 5.75 Å². The maximum Gasteiger partial charge on any atom is 0.409 e. The van der Waals surface area contributed by atoms with Crippen molar-refractivity contribution in [3.05, 3.63) is 46.5 Å². The number of methoxy groups -OCH3 is 2. The molecule has 3 heterocycles. The van der Waals surface area contributed by atoms with Crippen molar-refractivity contribution in [2.24, 2.45) is 11.8 Å². The van der Waals surface area contributed by atoms with Gasteiger partial charge in [-0.25, -0.2) is 9.59 Å². The molecule has 1 aromatic carbocycles. The SMILES string of the molecule is COc1cc2cc(c1Cl)N(C)C(=O)C(C(=O)CCC(C)S)[C@H](OC(=O)[C@H](C)N(C)C(C)=O)[C@]1(C)O[C@H]1[C@H](C)[C@@H]1C[C@@](O)(NC(=O)O1)C(OC)/C=C/C=C(\C)C2. The minimum Gasteiger partial charge on any atom is -0.495 e. The van der Waals surface area contributed by atoms with E-state index in [9.17, 15) is 29.1 Å². The lowest BCUT2D eigenvalue weighted by molar-refractivity contribution is -0.166. The summed E-state index contributed by atoms with van der Waals surface area (Å²) < 4.78 is 29.4. The Balaban J connectivity index is 1.95. The maximum absolute atomic E-state index is 14.9. The number of amides is 3. The van der Waals surface area contributed by atoms with Crippen molar-refractivity contribution >= 4 is 59.6 Å². The molecule has 3 aliphatic heterocycles. The zero-order valence-corrected chi connectivity index (χ0v) is 34.7. The minimum atomic E-state index is -1.90. The number of carbonyl (C=O) groups is 5. The van der Waals surface area contributed by atoms with E-state index in [-0.39, 0.29) is 34.6 Å². The molecule has 4 rings (SSSR count). The van der Waals surface area contributed by atoms with Gasteiger partial charge in [-0.1, -0.05) is 49.2 Å². The number of carbonyl (C=O) groups excluding carboxylic acids is 5. The molecule has 4 bridgehead atoms. The normalized spacial score (nSPS) is 32.4. The Morgan fingerprint density at radius 1 is 1.22 bits per heavy atom. The molecule has 55 heavy (non-hydrogen) atoms. The average molecular weight is 808 g/mol. The lowest BCUT2D eigenvalue weighted by Gasteiger charge is -2.42. The topological polar surface area (TPSA) is 174 Å². The first kappa shape index (κ1) is 44.1. The molecule has 2 N–H and O–H groups in total. The van der Waals surface area contributed by atoms with Crippen molar-refractivity contribution in [1.82, 2.24) is 10.2 Å². The molecule has 0 spiro atoms. The second-order valence-corrected chi connectivity index (χ2v) is 16.3. The Morgan fingerprint density at radius 3 is 2.49 bits per heavy atom. The first-order chi connectivity index (χ1) is 25.7. The van der Waals surface area contributed by atoms with Crippen LogP contribution in [0, 0.1) is 11.8 Å². The molecule has 16 heteroatoms. The van der Waals surface area contributed by atoms with Gasteiger partial charge in [-0.3, -0.25) is 19.7 Å². The quantitative estimate of drug-likeness (QED) is 0.140. The maximum atomic E-state index is 14.9. The first-order valence-electron chi connectivity index (χ1n) is 18.2. The number of hydrogen-bond acceptors (Lipinski definition) is 12. The second-order valence-electron chi connectivity index (χ2n) is 15.0. The number of fused-ring (bicyclic) bond motifs is 5. The molecule has 0 aliphatic carbocycles. The number of thiol groups is 1. The number of nitrogens with zero attached hydrogens (tertiary/aromatic N) is 2. The third kappa shape index (κ3) is 9.67. The van der Waals surface area contributed by atoms with Crippen LogP contribution in [0.25, 0.3) is 0 Å². The molecular weight excluding hydrogens is 754 g/mol. The van der Waals surface area contributed by atoms with E-state index in [1.165, 1.54) is 52.0 Å². The Bertz CT molecular complexity index is 1720. The highest BCUT2D eigenvalue weighted by molar-refractivity contribution is 7.80. The van der Waals surface area contributed by atoms with E-state index in [2.05, 4.69) is 17.9 Å². The van der Waals surface area contributed by atoms with Crippen molar-refractivity contribution in [2.75, 3.05) is 33.2 Å². The van der Waals surface area contributed by atoms with E-state index in [1.54, 1.807) is 38.1 Å². The number of esters is 1. The Morgan fingerprint density at radius 2 is 1.89 bits per heavy atom. The summed E-state index contributed by atoms with van der Waals surface area (Å²) >= 11 is 11.3. The van der Waals surface area contributed by atoms with Crippen molar-refractivity contribution < 1.29 is 52.8 Å². The van der Waals surface area contributed by atoms with Gasteiger partial charge in [-0.05, 0) is 56.6 Å². The Hall–Kier alpha value is -3.63. The van der Waals surface area contributed by atoms with E-state index in [0.717, 1.165) is 11.1 Å². The number of allylic oxidation sites excluding steroid dienone is 3. The van der Waals surface area contributed by atoms with E-state index < -0.39 is 83.3 Å². The fourth-order valence-electron chi connectivity index (χ4n) is 7.22. The fraction of sp³-hybridized carbons (Fsp3) is 0.615. The van der Waals surface area contributed by atoms with Crippen LogP contribution in [0.1, 0.15) is 66.4 Å². The number of epoxide rings is 1. The van der Waals surface area contributed by atoms with Gasteiger partial charge in [0, 0.05) is 46.9 Å². The number of alkyl carbamates (subject to hydrolysis) is 1. The van der Waals surface area contributed by atoms with Gasteiger partial charge in [0.2, 0.25) is 11.8 Å². The smallest absolute Gasteiger partial charge is 0.409 e. The lowest BCUT2D eigenvalue weighted by Crippen LogP contribution is -2.63. The summed E-state index contributed by atoms with van der Waals surface area (Å²) in [7, 11) is 5.77. The van der Waals surface area contributed by atoms with E-state index in [1.807, 2.05) is 19.9 Å². The molecule has 10 atom stereocenters. The fourth-order valence-corrected chi connectivity index (χ4v) is 7.67. The number of nitrogens with one attached hydrogen (secondary N) is 1. The Kier molecular flexibility index (Phi) is 14.2. The van der Waals surface area contributed by atoms with Crippen molar-refractivity contribution in [3.8, 4) is 5.75 Å². The minimum absolute atomic E-state index is 0.0897. The van der Waals surface area contributed by atoms with E-state index in [4.69, 9.17) is 35.3 Å². The van der Waals surface area contributed by atoms with Gasteiger partial charge in [0.25, 0.3) is 0 Å². The highest BCUT2D eigenvalue weighted by Crippen LogP contribution is 2.50. The Labute approximate surface area is 333 Å². The summed E-state index contributed by atoms with van der Waals surface area (Å²) in [6, 6.07) is 2.36. The summed E-state index contributed by atoms with van der Waals surface area (Å²) in [4.78, 5) is 70.9. The van der Waals surface area contributed by atoms with Gasteiger partial charge >= 0.3 is 12.1 Å². The van der Waals surface area contributed by atoms with Crippen LogP contribution in [-0.4, -0.2) is 115 Å². The van der Waals surface area contributed by atoms with Crippen molar-refractivity contribution in [2.45, 2.75) is 114 Å². The third-order valence-corrected chi connectivity index (χ3v) is 11.5. The first-order valence-corrected chi connectivity index (χ1v) is 19.1. The molecule has 14 nitrogen and oxygen atoms in total. The number of anilines is 1. The number of aliphatic hydroxyl groups is 1. The van der Waals surface area contributed by atoms with Crippen LogP contribution >= 0.6 is 24.2 Å². The van der Waals surface area contributed by atoms with Crippen molar-refractivity contribution in [1.29, 1.82) is 0 Å². The largest absolute Gasteiger partial charge is 0.495 e. The number of halogens is 1. The lowest BCUT2D eigenvalue weighted by atomic mass is 9.79. The van der Waals surface area contributed by atoms with Gasteiger partial charge in [-0.15, -0.1) is 0 Å². The molecule has 304 valence electrons. The number of likely N-dealkylation sites (N-methyl/N-ethyl adjacent to an activating group) is 1. The molecule has 2 fully saturated rings. The monoisotopic (exact) mass is 807 g/mol. The van der Waals surface area contributed by atoms with Crippen LogP contribution in [0.4, 0.5) is 10.5 Å². The zero-order valence-electron chi connectivity index (χ0n) is 33.1. The van der Waals surface area contributed by atoms with Crippen LogP contribution < -0.4 is 15.0 Å². The van der Waals surface area contributed by atoms with Gasteiger partial charge in [-0.2, -0.15) is 12.6 Å². The number of ether oxygens (including phenoxy) is 5. The standard InChI is InChI=1S/C39H54ClN3O11S/c1-20-12-11-13-30(51-10)39(49)19-29(52-37(48)41-39)22(3)33-38(6,54-33)34(53-36(47)23(4)42(7)24(5)44)31(27(45)15-14-21(2)55)35(46)43(8)26-17-25(16-20)18-28(50-9)32(26)40/h11-13,17-18,21-23,29-31,33-34,49,55H,14-16,19H2,1-10H3,(H,41,48)/b13-11+,20-12+/t21?,22-,23+,29+,30?,31?,33+,34+,38-,39+/m1/s1. The van der Waals surface area contributed by atoms with Crippen LogP contribution in [0.15, 0.2) is 35.9 Å². The molecule has 3 aliphatic rings. The molecule has 0 radical (unpaired) electrons. The highest BCUT2D eigenvalue weighted by atomic mass is 35.5. The summed E-state index contributed by atoms with van der Waals surface area (Å²) in [5.74, 6) is -4.55. The predicted molar refractivity (Wildman–Crippen MR) is 208 cm³/mol. The summed E-state index contributed by atoms with van der Waals surface area (Å²) in [5, 5.41) is 14.2. The predicted octanol–water partition coefficient (Wildman–Crippen LogP) is 4.43. The number of benzene rings is 1. The van der Waals surface area contributed by atoms with Crippen LogP contribution in [0.2, 0.25) is 5.02 Å². The summed E-state index contributed by atoms with van der Waals surface area (Å²) in [5.41, 5.74) is -1.54. The van der Waals surface area contributed by atoms with E-state index >= 15 is 0 Å². The summed E-state index contributed by atoms with van der Waals surface area (Å²) in [6.45, 7) is 9.83. The number of rotatable bonds is 9. The van der Waals surface area contributed by atoms with Crippen molar-refractivity contribution in [3.63, 3.8) is 0 Å². The molecule has 3 amide bonds. The van der Waals surface area contributed by atoms with Gasteiger partial charge in [0.1, 0.15) is 46.3 Å². The van der Waals surface area contributed by atoms with Gasteiger partial charge in [0.05, 0.1) is 18.9 Å². The molecule has 1 aromatic rings. The number of ketones is 1.